The summed E-state index contributed by atoms with van der Waals surface area (Å²) < 4.78 is 0. The van der Waals surface area contributed by atoms with Gasteiger partial charge in [0.15, 0.2) is 0 Å². The maximum absolute atomic E-state index is 13.8. The average Bonchev–Trinajstić information content (AvgIpc) is 2.75. The number of carbonyl (C=O) groups is 1. The van der Waals surface area contributed by atoms with Crippen molar-refractivity contribution in [3.63, 3.8) is 0 Å². The number of carbonyl (C=O) groups excluding carboxylic acids is 1. The highest BCUT2D eigenvalue weighted by Crippen LogP contribution is 2.67. The second kappa shape index (κ2) is 8.16. The summed E-state index contributed by atoms with van der Waals surface area (Å²) >= 11 is 2.11. The van der Waals surface area contributed by atoms with Crippen molar-refractivity contribution < 1.29 is 4.79 Å². The fraction of sp³-hybridized carbons (Fsp3) is 0.731. The SMILES string of the molecule is CCSCC1C2CC3(C(=O)N[C@H]4CC[C@H](N)CC4)CC1CC(c1ccccc1)(C2)C3. The molecule has 0 heterocycles. The summed E-state index contributed by atoms with van der Waals surface area (Å²) in [7, 11) is 0. The molecule has 2 unspecified atom stereocenters. The molecule has 0 spiro atoms. The van der Waals surface area contributed by atoms with Crippen molar-refractivity contribution >= 4 is 17.7 Å². The number of hydrogen-bond donors (Lipinski definition) is 2. The fourth-order valence-corrected chi connectivity index (χ4v) is 8.82. The van der Waals surface area contributed by atoms with Gasteiger partial charge in [-0.05, 0) is 98.0 Å². The Labute approximate surface area is 186 Å². The largest absolute Gasteiger partial charge is 0.353 e. The lowest BCUT2D eigenvalue weighted by Crippen LogP contribution is -2.63. The summed E-state index contributed by atoms with van der Waals surface area (Å²) in [6.07, 6.45) is 10.1. The van der Waals surface area contributed by atoms with E-state index < -0.39 is 0 Å². The zero-order valence-electron chi connectivity index (χ0n) is 18.4. The molecule has 6 rings (SSSR count). The highest BCUT2D eigenvalue weighted by molar-refractivity contribution is 7.99. The third kappa shape index (κ3) is 3.62. The topological polar surface area (TPSA) is 55.1 Å². The number of benzene rings is 1. The van der Waals surface area contributed by atoms with Crippen LogP contribution in [-0.4, -0.2) is 29.5 Å². The van der Waals surface area contributed by atoms with E-state index in [1.54, 1.807) is 0 Å². The predicted octanol–water partition coefficient (Wildman–Crippen LogP) is 4.89. The van der Waals surface area contributed by atoms with Crippen LogP contribution in [0.1, 0.15) is 70.3 Å². The standard InChI is InChI=1S/C26H38N2OS/c1-2-30-16-23-18-12-25(20-6-4-3-5-7-20)13-19(23)15-26(14-18,17-25)24(29)28-22-10-8-21(27)9-11-22/h3-7,18-19,21-23H,2,8-17,27H2,1H3,(H,28,29)/t18?,19?,21-,22-,23?,25?,26?. The number of rotatable bonds is 6. The summed E-state index contributed by atoms with van der Waals surface area (Å²) in [6.45, 7) is 2.28. The summed E-state index contributed by atoms with van der Waals surface area (Å²) in [5.41, 5.74) is 7.65. The first-order chi connectivity index (χ1) is 14.5. The minimum Gasteiger partial charge on any atom is -0.353 e. The van der Waals surface area contributed by atoms with Gasteiger partial charge in [0, 0.05) is 12.1 Å². The van der Waals surface area contributed by atoms with Crippen LogP contribution in [0.4, 0.5) is 0 Å². The van der Waals surface area contributed by atoms with Gasteiger partial charge in [0.25, 0.3) is 0 Å². The third-order valence-electron chi connectivity index (χ3n) is 8.99. The monoisotopic (exact) mass is 426 g/mol. The van der Waals surface area contributed by atoms with Gasteiger partial charge in [-0.2, -0.15) is 11.8 Å². The second-order valence-electron chi connectivity index (χ2n) is 10.8. The molecule has 5 fully saturated rings. The van der Waals surface area contributed by atoms with E-state index in [4.69, 9.17) is 5.73 Å². The Hall–Kier alpha value is -1.00. The van der Waals surface area contributed by atoms with Gasteiger partial charge in [-0.1, -0.05) is 37.3 Å². The van der Waals surface area contributed by atoms with E-state index in [-0.39, 0.29) is 10.8 Å². The van der Waals surface area contributed by atoms with E-state index in [1.165, 1.54) is 29.9 Å². The maximum Gasteiger partial charge on any atom is 0.226 e. The van der Waals surface area contributed by atoms with Crippen LogP contribution in [0.3, 0.4) is 0 Å². The van der Waals surface area contributed by atoms with Crippen LogP contribution in [0.5, 0.6) is 0 Å². The Morgan fingerprint density at radius 2 is 1.73 bits per heavy atom. The fourth-order valence-electron chi connectivity index (χ4n) is 7.77. The molecule has 2 atom stereocenters. The van der Waals surface area contributed by atoms with Crippen molar-refractivity contribution in [2.75, 3.05) is 11.5 Å². The van der Waals surface area contributed by atoms with Crippen LogP contribution in [0, 0.1) is 23.2 Å². The molecule has 5 saturated carbocycles. The Kier molecular flexibility index (Phi) is 5.68. The van der Waals surface area contributed by atoms with Crippen LogP contribution in [-0.2, 0) is 10.2 Å². The van der Waals surface area contributed by atoms with Gasteiger partial charge in [0.1, 0.15) is 0 Å². The molecule has 0 saturated heterocycles. The van der Waals surface area contributed by atoms with E-state index in [0.29, 0.717) is 29.8 Å². The molecule has 164 valence electrons. The van der Waals surface area contributed by atoms with Crippen molar-refractivity contribution in [2.24, 2.45) is 28.9 Å². The molecule has 4 heteroatoms. The van der Waals surface area contributed by atoms with Crippen molar-refractivity contribution in [3.05, 3.63) is 35.9 Å². The molecule has 3 nitrogen and oxygen atoms in total. The number of hydrogen-bond acceptors (Lipinski definition) is 3. The molecule has 4 bridgehead atoms. The molecule has 30 heavy (non-hydrogen) atoms. The van der Waals surface area contributed by atoms with E-state index in [1.807, 2.05) is 0 Å². The number of nitrogens with two attached hydrogens (primary N) is 1. The Morgan fingerprint density at radius 3 is 2.37 bits per heavy atom. The third-order valence-corrected chi connectivity index (χ3v) is 10.0. The van der Waals surface area contributed by atoms with Crippen LogP contribution < -0.4 is 11.1 Å². The molecule has 5 aliphatic rings. The van der Waals surface area contributed by atoms with Crippen molar-refractivity contribution in [3.8, 4) is 0 Å². The first-order valence-electron chi connectivity index (χ1n) is 12.2. The molecule has 0 aliphatic heterocycles. The van der Waals surface area contributed by atoms with Gasteiger partial charge >= 0.3 is 0 Å². The molecule has 0 radical (unpaired) electrons. The van der Waals surface area contributed by atoms with E-state index in [2.05, 4.69) is 54.3 Å². The summed E-state index contributed by atoms with van der Waals surface area (Å²) in [6, 6.07) is 11.8. The maximum atomic E-state index is 13.8. The van der Waals surface area contributed by atoms with Gasteiger partial charge < -0.3 is 11.1 Å². The van der Waals surface area contributed by atoms with E-state index >= 15 is 0 Å². The number of nitrogens with one attached hydrogen (secondary N) is 1. The van der Waals surface area contributed by atoms with Crippen molar-refractivity contribution in [1.29, 1.82) is 0 Å². The van der Waals surface area contributed by atoms with Gasteiger partial charge in [-0.25, -0.2) is 0 Å². The zero-order chi connectivity index (χ0) is 20.8. The normalized spacial score (nSPS) is 42.3. The molecular formula is C26H38N2OS. The summed E-state index contributed by atoms with van der Waals surface area (Å²) in [4.78, 5) is 13.8. The lowest BCUT2D eigenvalue weighted by molar-refractivity contribution is -0.156. The van der Waals surface area contributed by atoms with E-state index in [0.717, 1.165) is 50.9 Å². The summed E-state index contributed by atoms with van der Waals surface area (Å²) in [5.74, 6) is 5.08. The smallest absolute Gasteiger partial charge is 0.226 e. The Bertz CT molecular complexity index is 742. The van der Waals surface area contributed by atoms with Gasteiger partial charge in [0.05, 0.1) is 5.41 Å². The highest BCUT2D eigenvalue weighted by Gasteiger charge is 2.63. The van der Waals surface area contributed by atoms with Crippen molar-refractivity contribution in [2.45, 2.75) is 82.2 Å². The lowest BCUT2D eigenvalue weighted by atomic mass is 9.40. The summed E-state index contributed by atoms with van der Waals surface area (Å²) in [5, 5.41) is 3.52. The lowest BCUT2D eigenvalue weighted by Gasteiger charge is -2.64. The van der Waals surface area contributed by atoms with Crippen LogP contribution in [0.2, 0.25) is 0 Å². The second-order valence-corrected chi connectivity index (χ2v) is 12.2. The zero-order valence-corrected chi connectivity index (χ0v) is 19.3. The van der Waals surface area contributed by atoms with Crippen LogP contribution >= 0.6 is 11.8 Å². The van der Waals surface area contributed by atoms with Gasteiger partial charge in [-0.3, -0.25) is 4.79 Å². The van der Waals surface area contributed by atoms with Crippen molar-refractivity contribution in [1.82, 2.24) is 5.32 Å². The van der Waals surface area contributed by atoms with Crippen LogP contribution in [0.25, 0.3) is 0 Å². The highest BCUT2D eigenvalue weighted by atomic mass is 32.2. The molecule has 1 aromatic carbocycles. The first kappa shape index (κ1) is 20.9. The quantitative estimate of drug-likeness (QED) is 0.681. The van der Waals surface area contributed by atoms with Crippen LogP contribution in [0.15, 0.2) is 30.3 Å². The van der Waals surface area contributed by atoms with E-state index in [9.17, 15) is 4.79 Å². The first-order valence-corrected chi connectivity index (χ1v) is 13.4. The molecule has 1 aromatic rings. The molecule has 3 N–H and O–H groups in total. The minimum absolute atomic E-state index is 0.144. The Balaban J connectivity index is 1.41. The number of amides is 1. The Morgan fingerprint density at radius 1 is 1.07 bits per heavy atom. The average molecular weight is 427 g/mol. The van der Waals surface area contributed by atoms with Gasteiger partial charge in [-0.15, -0.1) is 0 Å². The molecule has 5 aliphatic carbocycles. The molecular weight excluding hydrogens is 388 g/mol. The minimum atomic E-state index is -0.144. The number of thioether (sulfide) groups is 1. The molecule has 0 aromatic heterocycles. The molecule has 1 amide bonds. The predicted molar refractivity (Wildman–Crippen MR) is 125 cm³/mol. The van der Waals surface area contributed by atoms with Gasteiger partial charge in [0.2, 0.25) is 5.91 Å².